The van der Waals surface area contributed by atoms with Gasteiger partial charge in [-0.15, -0.1) is 11.3 Å². The van der Waals surface area contributed by atoms with E-state index >= 15 is 0 Å². The fourth-order valence-electron chi connectivity index (χ4n) is 2.35. The molecule has 118 valence electrons. The summed E-state index contributed by atoms with van der Waals surface area (Å²) in [5, 5.41) is 6.36. The zero-order valence-corrected chi connectivity index (χ0v) is 13.7. The Morgan fingerprint density at radius 2 is 2.33 bits per heavy atom. The molecule has 1 aromatic rings. The van der Waals surface area contributed by atoms with Gasteiger partial charge in [0.25, 0.3) is 0 Å². The SMILES string of the molecule is COCC(C)NC(N)=NCCc1csc(N2CCCC2)n1. The number of nitrogens with one attached hydrogen (secondary N) is 1. The number of guanidine groups is 1. The number of ether oxygens (including phenoxy) is 1. The molecule has 0 spiro atoms. The van der Waals surface area contributed by atoms with Crippen molar-refractivity contribution in [3.63, 3.8) is 0 Å². The van der Waals surface area contributed by atoms with Gasteiger partial charge in [-0.25, -0.2) is 4.98 Å². The lowest BCUT2D eigenvalue weighted by atomic mass is 10.3. The zero-order valence-electron chi connectivity index (χ0n) is 12.8. The quantitative estimate of drug-likeness (QED) is 0.585. The third kappa shape index (κ3) is 5.17. The molecule has 0 radical (unpaired) electrons. The van der Waals surface area contributed by atoms with E-state index in [0.717, 1.165) is 30.3 Å². The van der Waals surface area contributed by atoms with Gasteiger partial charge in [-0.3, -0.25) is 4.99 Å². The molecule has 0 amide bonds. The molecule has 6 nitrogen and oxygen atoms in total. The van der Waals surface area contributed by atoms with E-state index in [2.05, 4.69) is 25.6 Å². The minimum absolute atomic E-state index is 0.166. The molecular weight excluding hydrogens is 286 g/mol. The molecule has 1 aliphatic rings. The van der Waals surface area contributed by atoms with Crippen LogP contribution in [0, 0.1) is 0 Å². The number of nitrogens with two attached hydrogens (primary N) is 1. The Labute approximate surface area is 130 Å². The average Bonchev–Trinajstić information content (AvgIpc) is 3.09. The molecule has 1 saturated heterocycles. The second kappa shape index (κ2) is 8.19. The van der Waals surface area contributed by atoms with Crippen LogP contribution in [0.4, 0.5) is 5.13 Å². The summed E-state index contributed by atoms with van der Waals surface area (Å²) in [6, 6.07) is 0.166. The number of nitrogens with zero attached hydrogens (tertiary/aromatic N) is 3. The number of methoxy groups -OCH3 is 1. The summed E-state index contributed by atoms with van der Waals surface area (Å²) < 4.78 is 5.04. The molecule has 1 aliphatic heterocycles. The third-order valence-corrected chi connectivity index (χ3v) is 4.33. The van der Waals surface area contributed by atoms with Crippen LogP contribution in [0.15, 0.2) is 10.4 Å². The predicted octanol–water partition coefficient (Wildman–Crippen LogP) is 1.23. The van der Waals surface area contributed by atoms with Gasteiger partial charge in [-0.1, -0.05) is 0 Å². The molecule has 0 bridgehead atoms. The number of hydrogen-bond donors (Lipinski definition) is 2. The Morgan fingerprint density at radius 1 is 1.57 bits per heavy atom. The maximum Gasteiger partial charge on any atom is 0.188 e. The van der Waals surface area contributed by atoms with Crippen molar-refractivity contribution in [2.75, 3.05) is 38.3 Å². The predicted molar refractivity (Wildman–Crippen MR) is 88.2 cm³/mol. The van der Waals surface area contributed by atoms with Crippen LogP contribution >= 0.6 is 11.3 Å². The first-order chi connectivity index (χ1) is 10.2. The van der Waals surface area contributed by atoms with Crippen molar-refractivity contribution in [3.8, 4) is 0 Å². The first-order valence-corrected chi connectivity index (χ1v) is 8.31. The van der Waals surface area contributed by atoms with E-state index in [1.54, 1.807) is 18.4 Å². The average molecular weight is 311 g/mol. The Balaban J connectivity index is 1.75. The minimum atomic E-state index is 0.166. The summed E-state index contributed by atoms with van der Waals surface area (Å²) in [4.78, 5) is 11.4. The zero-order chi connectivity index (χ0) is 15.1. The Kier molecular flexibility index (Phi) is 6.25. The molecule has 0 aliphatic carbocycles. The summed E-state index contributed by atoms with van der Waals surface area (Å²) >= 11 is 1.73. The monoisotopic (exact) mass is 311 g/mol. The molecule has 2 heterocycles. The molecule has 1 aromatic heterocycles. The summed E-state index contributed by atoms with van der Waals surface area (Å²) in [6.07, 6.45) is 3.38. The minimum Gasteiger partial charge on any atom is -0.383 e. The van der Waals surface area contributed by atoms with Gasteiger partial charge < -0.3 is 20.7 Å². The lowest BCUT2D eigenvalue weighted by Gasteiger charge is -2.13. The van der Waals surface area contributed by atoms with Crippen LogP contribution in [-0.2, 0) is 11.2 Å². The van der Waals surface area contributed by atoms with Crippen molar-refractivity contribution in [2.45, 2.75) is 32.2 Å². The number of aromatic nitrogens is 1. The van der Waals surface area contributed by atoms with E-state index in [4.69, 9.17) is 10.5 Å². The van der Waals surface area contributed by atoms with E-state index in [1.165, 1.54) is 12.8 Å². The fourth-order valence-corrected chi connectivity index (χ4v) is 3.26. The standard InChI is InChI=1S/C14H25N5OS/c1-11(9-20-2)17-13(15)16-6-5-12-10-21-14(18-12)19-7-3-4-8-19/h10-11H,3-9H2,1-2H3,(H3,15,16,17). The van der Waals surface area contributed by atoms with Gasteiger partial charge in [0.2, 0.25) is 0 Å². The number of rotatable bonds is 7. The van der Waals surface area contributed by atoms with Crippen molar-refractivity contribution < 1.29 is 4.74 Å². The highest BCUT2D eigenvalue weighted by Crippen LogP contribution is 2.24. The van der Waals surface area contributed by atoms with Crippen molar-refractivity contribution in [1.82, 2.24) is 10.3 Å². The van der Waals surface area contributed by atoms with Gasteiger partial charge in [0.05, 0.1) is 12.3 Å². The van der Waals surface area contributed by atoms with Gasteiger partial charge in [0.1, 0.15) is 0 Å². The van der Waals surface area contributed by atoms with E-state index in [1.807, 2.05) is 6.92 Å². The molecule has 1 atom stereocenters. The topological polar surface area (TPSA) is 75.8 Å². The van der Waals surface area contributed by atoms with Gasteiger partial charge in [-0.05, 0) is 19.8 Å². The summed E-state index contributed by atoms with van der Waals surface area (Å²) in [5.41, 5.74) is 6.93. The first kappa shape index (κ1) is 16.0. The molecule has 1 unspecified atom stereocenters. The van der Waals surface area contributed by atoms with E-state index in [9.17, 15) is 0 Å². The Hall–Kier alpha value is -1.34. The van der Waals surface area contributed by atoms with Crippen LogP contribution < -0.4 is 16.0 Å². The number of aliphatic imine (C=N–C) groups is 1. The second-order valence-electron chi connectivity index (χ2n) is 5.33. The summed E-state index contributed by atoms with van der Waals surface area (Å²) in [7, 11) is 1.67. The lowest BCUT2D eigenvalue weighted by molar-refractivity contribution is 0.179. The van der Waals surface area contributed by atoms with Crippen LogP contribution in [0.3, 0.4) is 0 Å². The smallest absolute Gasteiger partial charge is 0.188 e. The molecule has 7 heteroatoms. The van der Waals surface area contributed by atoms with Crippen LogP contribution in [-0.4, -0.2) is 50.3 Å². The highest BCUT2D eigenvalue weighted by molar-refractivity contribution is 7.13. The fraction of sp³-hybridized carbons (Fsp3) is 0.714. The molecule has 2 rings (SSSR count). The van der Waals surface area contributed by atoms with Gasteiger partial charge >= 0.3 is 0 Å². The van der Waals surface area contributed by atoms with Crippen molar-refractivity contribution in [2.24, 2.45) is 10.7 Å². The third-order valence-electron chi connectivity index (χ3n) is 3.38. The van der Waals surface area contributed by atoms with Crippen molar-refractivity contribution in [3.05, 3.63) is 11.1 Å². The van der Waals surface area contributed by atoms with E-state index < -0.39 is 0 Å². The summed E-state index contributed by atoms with van der Waals surface area (Å²) in [6.45, 7) is 5.55. The van der Waals surface area contributed by atoms with Gasteiger partial charge in [0, 0.05) is 44.6 Å². The molecule has 0 saturated carbocycles. The number of thiazole rings is 1. The van der Waals surface area contributed by atoms with E-state index in [0.29, 0.717) is 19.1 Å². The number of hydrogen-bond acceptors (Lipinski definition) is 5. The molecule has 21 heavy (non-hydrogen) atoms. The maximum atomic E-state index is 5.83. The maximum absolute atomic E-state index is 5.83. The van der Waals surface area contributed by atoms with Crippen LogP contribution in [0.1, 0.15) is 25.5 Å². The van der Waals surface area contributed by atoms with Gasteiger partial charge in [0.15, 0.2) is 11.1 Å². The van der Waals surface area contributed by atoms with Crippen LogP contribution in [0.25, 0.3) is 0 Å². The molecule has 0 aromatic carbocycles. The molecule has 3 N–H and O–H groups in total. The number of anilines is 1. The van der Waals surface area contributed by atoms with Crippen molar-refractivity contribution in [1.29, 1.82) is 0 Å². The van der Waals surface area contributed by atoms with Gasteiger partial charge in [-0.2, -0.15) is 0 Å². The van der Waals surface area contributed by atoms with Crippen LogP contribution in [0.2, 0.25) is 0 Å². The highest BCUT2D eigenvalue weighted by Gasteiger charge is 2.15. The van der Waals surface area contributed by atoms with Crippen molar-refractivity contribution >= 4 is 22.4 Å². The largest absolute Gasteiger partial charge is 0.383 e. The van der Waals surface area contributed by atoms with E-state index in [-0.39, 0.29) is 6.04 Å². The molecule has 1 fully saturated rings. The second-order valence-corrected chi connectivity index (χ2v) is 6.17. The highest BCUT2D eigenvalue weighted by atomic mass is 32.1. The summed E-state index contributed by atoms with van der Waals surface area (Å²) in [5.74, 6) is 0.467. The first-order valence-electron chi connectivity index (χ1n) is 7.44. The molecular formula is C14H25N5OS. The Bertz CT molecular complexity index is 456. The Morgan fingerprint density at radius 3 is 3.05 bits per heavy atom. The lowest BCUT2D eigenvalue weighted by Crippen LogP contribution is -2.40. The normalized spacial score (nSPS) is 17.2. The van der Waals surface area contributed by atoms with Crippen LogP contribution in [0.5, 0.6) is 0 Å².